The molecule has 0 aliphatic heterocycles. The SMILES string of the molecule is CCC(NS(=O)(=O)c1c(N)nc2sccn12)c1ncc[nH]1. The van der Waals surface area contributed by atoms with Gasteiger partial charge in [0.2, 0.25) is 0 Å². The Hall–Kier alpha value is -1.91. The number of nitrogens with zero attached hydrogens (tertiary/aromatic N) is 3. The molecule has 3 aromatic rings. The van der Waals surface area contributed by atoms with Crippen LogP contribution in [-0.2, 0) is 10.0 Å². The fourth-order valence-electron chi connectivity index (χ4n) is 2.09. The Kier molecular flexibility index (Phi) is 3.43. The van der Waals surface area contributed by atoms with Gasteiger partial charge in [-0.05, 0) is 6.42 Å². The van der Waals surface area contributed by atoms with Gasteiger partial charge in [0.1, 0.15) is 5.82 Å². The summed E-state index contributed by atoms with van der Waals surface area (Å²) in [6.07, 6.45) is 5.41. The number of aromatic nitrogens is 4. The normalized spacial score (nSPS) is 13.8. The van der Waals surface area contributed by atoms with E-state index in [1.165, 1.54) is 15.7 Å². The van der Waals surface area contributed by atoms with E-state index in [1.54, 1.807) is 24.0 Å². The van der Waals surface area contributed by atoms with Gasteiger partial charge >= 0.3 is 0 Å². The Labute approximate surface area is 125 Å². The third-order valence-corrected chi connectivity index (χ3v) is 5.32. The molecule has 3 heterocycles. The van der Waals surface area contributed by atoms with Crippen molar-refractivity contribution in [3.05, 3.63) is 29.8 Å². The number of hydrogen-bond acceptors (Lipinski definition) is 6. The van der Waals surface area contributed by atoms with Gasteiger partial charge in [0.25, 0.3) is 10.0 Å². The van der Waals surface area contributed by atoms with Crippen LogP contribution in [-0.4, -0.2) is 27.8 Å². The second-order valence-corrected chi connectivity index (χ2v) is 6.92. The number of nitrogens with two attached hydrogens (primary N) is 1. The minimum Gasteiger partial charge on any atom is -0.381 e. The lowest BCUT2D eigenvalue weighted by Crippen LogP contribution is -2.30. The molecule has 1 atom stereocenters. The first kappa shape index (κ1) is 14.0. The quantitative estimate of drug-likeness (QED) is 0.649. The molecule has 0 aliphatic carbocycles. The van der Waals surface area contributed by atoms with E-state index in [2.05, 4.69) is 19.7 Å². The molecule has 0 radical (unpaired) electrons. The number of nitrogen functional groups attached to an aromatic ring is 1. The van der Waals surface area contributed by atoms with Gasteiger partial charge in [-0.2, -0.15) is 4.72 Å². The number of thiazole rings is 1. The van der Waals surface area contributed by atoms with Gasteiger partial charge in [-0.3, -0.25) is 4.40 Å². The van der Waals surface area contributed by atoms with Gasteiger partial charge in [-0.25, -0.2) is 18.4 Å². The molecule has 0 aliphatic rings. The topological polar surface area (TPSA) is 118 Å². The molecule has 0 fully saturated rings. The van der Waals surface area contributed by atoms with Crippen molar-refractivity contribution in [2.75, 3.05) is 5.73 Å². The molecule has 0 aromatic carbocycles. The maximum atomic E-state index is 12.6. The third-order valence-electron chi connectivity index (χ3n) is 3.05. The molecule has 8 nitrogen and oxygen atoms in total. The first-order valence-corrected chi connectivity index (χ1v) is 8.62. The molecule has 4 N–H and O–H groups in total. The number of rotatable bonds is 5. The standard InChI is InChI=1S/C11H14N6O2S2/c1-2-7(9-13-3-4-14-9)16-21(18,19)10-8(12)15-11-17(10)5-6-20-11/h3-7,16H,2,12H2,1H3,(H,13,14). The number of imidazole rings is 2. The molecule has 0 bridgehead atoms. The van der Waals surface area contributed by atoms with Gasteiger partial charge in [0, 0.05) is 24.0 Å². The smallest absolute Gasteiger partial charge is 0.261 e. The Morgan fingerprint density at radius 2 is 2.38 bits per heavy atom. The largest absolute Gasteiger partial charge is 0.381 e. The number of fused-ring (bicyclic) bond motifs is 1. The Morgan fingerprint density at radius 1 is 1.57 bits per heavy atom. The van der Waals surface area contributed by atoms with Crippen LogP contribution in [0.15, 0.2) is 29.0 Å². The maximum Gasteiger partial charge on any atom is 0.261 e. The highest BCUT2D eigenvalue weighted by Gasteiger charge is 2.28. The molecular weight excluding hydrogens is 312 g/mol. The lowest BCUT2D eigenvalue weighted by molar-refractivity contribution is 0.536. The number of aromatic amines is 1. The van der Waals surface area contributed by atoms with E-state index < -0.39 is 16.1 Å². The second-order valence-electron chi connectivity index (χ2n) is 4.41. The summed E-state index contributed by atoms with van der Waals surface area (Å²) in [6.45, 7) is 1.87. The fraction of sp³-hybridized carbons (Fsp3) is 0.273. The minimum atomic E-state index is -3.81. The van der Waals surface area contributed by atoms with E-state index in [9.17, 15) is 8.42 Å². The molecule has 21 heavy (non-hydrogen) atoms. The lowest BCUT2D eigenvalue weighted by atomic mass is 10.2. The van der Waals surface area contributed by atoms with Gasteiger partial charge in [-0.15, -0.1) is 11.3 Å². The van der Waals surface area contributed by atoms with E-state index in [0.717, 1.165) is 0 Å². The molecule has 3 aromatic heterocycles. The van der Waals surface area contributed by atoms with Crippen LogP contribution in [0.3, 0.4) is 0 Å². The summed E-state index contributed by atoms with van der Waals surface area (Å²) >= 11 is 1.32. The van der Waals surface area contributed by atoms with Crippen LogP contribution in [0.25, 0.3) is 4.96 Å². The third kappa shape index (κ3) is 2.41. The average molecular weight is 326 g/mol. The van der Waals surface area contributed by atoms with Crippen molar-refractivity contribution in [1.82, 2.24) is 24.1 Å². The molecule has 0 spiro atoms. The zero-order chi connectivity index (χ0) is 15.0. The number of anilines is 1. The Morgan fingerprint density at radius 3 is 3.05 bits per heavy atom. The average Bonchev–Trinajstić information content (AvgIpc) is 3.11. The van der Waals surface area contributed by atoms with Gasteiger partial charge in [0.15, 0.2) is 15.8 Å². The van der Waals surface area contributed by atoms with E-state index >= 15 is 0 Å². The summed E-state index contributed by atoms with van der Waals surface area (Å²) in [6, 6.07) is -0.450. The molecule has 112 valence electrons. The second kappa shape index (κ2) is 5.13. The van der Waals surface area contributed by atoms with Gasteiger partial charge in [0.05, 0.1) is 6.04 Å². The number of sulfonamides is 1. The minimum absolute atomic E-state index is 0.0105. The van der Waals surface area contributed by atoms with Crippen LogP contribution in [0.5, 0.6) is 0 Å². The lowest BCUT2D eigenvalue weighted by Gasteiger charge is -2.14. The van der Waals surface area contributed by atoms with E-state index in [-0.39, 0.29) is 10.8 Å². The molecule has 10 heteroatoms. The van der Waals surface area contributed by atoms with Crippen molar-refractivity contribution in [3.63, 3.8) is 0 Å². The molecule has 1 unspecified atom stereocenters. The highest BCUT2D eigenvalue weighted by Crippen LogP contribution is 2.25. The summed E-state index contributed by atoms with van der Waals surface area (Å²) < 4.78 is 29.3. The molecule has 3 rings (SSSR count). The predicted molar refractivity (Wildman–Crippen MR) is 79.4 cm³/mol. The highest BCUT2D eigenvalue weighted by molar-refractivity contribution is 7.89. The van der Waals surface area contributed by atoms with Gasteiger partial charge < -0.3 is 10.7 Å². The summed E-state index contributed by atoms with van der Waals surface area (Å²) in [5.74, 6) is 0.550. The summed E-state index contributed by atoms with van der Waals surface area (Å²) in [4.78, 5) is 11.6. The Balaban J connectivity index is 2.00. The van der Waals surface area contributed by atoms with Crippen LogP contribution in [0.1, 0.15) is 25.2 Å². The van der Waals surface area contributed by atoms with Gasteiger partial charge in [-0.1, -0.05) is 6.92 Å². The number of H-pyrrole nitrogens is 1. The molecule has 0 amide bonds. The highest BCUT2D eigenvalue weighted by atomic mass is 32.2. The van der Waals surface area contributed by atoms with Crippen molar-refractivity contribution in [2.24, 2.45) is 0 Å². The summed E-state index contributed by atoms with van der Waals surface area (Å²) in [5.41, 5.74) is 5.75. The molecule has 0 saturated heterocycles. The zero-order valence-electron chi connectivity index (χ0n) is 11.1. The Bertz CT molecular complexity index is 849. The van der Waals surface area contributed by atoms with E-state index in [4.69, 9.17) is 5.73 Å². The summed E-state index contributed by atoms with van der Waals surface area (Å²) in [7, 11) is -3.81. The van der Waals surface area contributed by atoms with Crippen LogP contribution in [0.2, 0.25) is 0 Å². The van der Waals surface area contributed by atoms with Crippen molar-refractivity contribution in [3.8, 4) is 0 Å². The maximum absolute atomic E-state index is 12.6. The fourth-order valence-corrected chi connectivity index (χ4v) is 4.36. The van der Waals surface area contributed by atoms with Crippen molar-refractivity contribution >= 4 is 32.1 Å². The first-order valence-electron chi connectivity index (χ1n) is 6.25. The van der Waals surface area contributed by atoms with Crippen molar-refractivity contribution < 1.29 is 8.42 Å². The van der Waals surface area contributed by atoms with E-state index in [1.807, 2.05) is 6.92 Å². The van der Waals surface area contributed by atoms with Crippen molar-refractivity contribution in [1.29, 1.82) is 0 Å². The number of nitrogens with one attached hydrogen (secondary N) is 2. The first-order chi connectivity index (χ1) is 10.0. The van der Waals surface area contributed by atoms with Crippen LogP contribution in [0.4, 0.5) is 5.82 Å². The molecular formula is C11H14N6O2S2. The summed E-state index contributed by atoms with van der Waals surface area (Å²) in [5, 5.41) is 1.72. The predicted octanol–water partition coefficient (Wildman–Crippen LogP) is 1.13. The zero-order valence-corrected chi connectivity index (χ0v) is 12.8. The van der Waals surface area contributed by atoms with E-state index in [0.29, 0.717) is 17.2 Å². The van der Waals surface area contributed by atoms with Crippen molar-refractivity contribution in [2.45, 2.75) is 24.4 Å². The monoisotopic (exact) mass is 326 g/mol. The van der Waals surface area contributed by atoms with Crippen LogP contribution in [0, 0.1) is 0 Å². The molecule has 0 saturated carbocycles. The number of hydrogen-bond donors (Lipinski definition) is 3. The van der Waals surface area contributed by atoms with Crippen LogP contribution >= 0.6 is 11.3 Å². The van der Waals surface area contributed by atoms with Crippen LogP contribution < -0.4 is 10.5 Å².